The summed E-state index contributed by atoms with van der Waals surface area (Å²) in [6.07, 6.45) is 11.1. The highest BCUT2D eigenvalue weighted by atomic mass is 16.2. The van der Waals surface area contributed by atoms with Crippen molar-refractivity contribution in [1.29, 1.82) is 10.5 Å². The van der Waals surface area contributed by atoms with E-state index in [4.69, 9.17) is 12.8 Å². The number of imide groups is 2. The molecule has 0 aromatic heterocycles. The van der Waals surface area contributed by atoms with Crippen LogP contribution in [0.2, 0.25) is 0 Å². The van der Waals surface area contributed by atoms with Crippen molar-refractivity contribution in [3.8, 4) is 36.8 Å². The van der Waals surface area contributed by atoms with Crippen molar-refractivity contribution >= 4 is 45.8 Å². The summed E-state index contributed by atoms with van der Waals surface area (Å²) in [5.41, 5.74) is 1.73. The minimum atomic E-state index is -0.694. The van der Waals surface area contributed by atoms with Gasteiger partial charge in [0, 0.05) is 44.2 Å². The van der Waals surface area contributed by atoms with E-state index in [0.29, 0.717) is 11.1 Å². The van der Waals surface area contributed by atoms with Crippen LogP contribution in [-0.2, 0) is 0 Å². The third-order valence-corrected chi connectivity index (χ3v) is 6.97. The second-order valence-corrected chi connectivity index (χ2v) is 8.93. The van der Waals surface area contributed by atoms with Crippen LogP contribution < -0.4 is 9.80 Å². The Kier molecular flexibility index (Phi) is 5.10. The molecule has 2 aliphatic heterocycles. The molecule has 0 fully saturated rings. The number of carbonyl (C=O) groups is 4. The van der Waals surface area contributed by atoms with Gasteiger partial charge in [-0.15, -0.1) is 12.8 Å². The Morgan fingerprint density at radius 3 is 1.25 bits per heavy atom. The minimum Gasteiger partial charge on any atom is -0.268 e. The van der Waals surface area contributed by atoms with Crippen molar-refractivity contribution in [2.24, 2.45) is 0 Å². The lowest BCUT2D eigenvalue weighted by molar-refractivity contribution is 0.0873. The molecule has 0 radical (unpaired) electrons. The van der Waals surface area contributed by atoms with Gasteiger partial charge >= 0.3 is 0 Å². The molecule has 184 valence electrons. The number of hydrogen-bond donors (Lipinski definition) is 0. The Hall–Kier alpha value is -6.48. The van der Waals surface area contributed by atoms with Gasteiger partial charge < -0.3 is 0 Å². The van der Waals surface area contributed by atoms with Crippen molar-refractivity contribution in [3.05, 3.63) is 105 Å². The summed E-state index contributed by atoms with van der Waals surface area (Å²) in [6, 6.07) is 18.2. The van der Waals surface area contributed by atoms with E-state index in [2.05, 4.69) is 11.8 Å². The highest BCUT2D eigenvalue weighted by molar-refractivity contribution is 6.42. The number of hydrogen-bond acceptors (Lipinski definition) is 6. The molecule has 6 rings (SSSR count). The van der Waals surface area contributed by atoms with Crippen molar-refractivity contribution < 1.29 is 19.2 Å². The summed E-state index contributed by atoms with van der Waals surface area (Å²) in [7, 11) is 0. The zero-order valence-electron chi connectivity index (χ0n) is 20.4. The molecule has 0 N–H and O–H groups in total. The second-order valence-electron chi connectivity index (χ2n) is 8.93. The first kappa shape index (κ1) is 23.9. The molecular weight excluding hydrogens is 504 g/mol. The fourth-order valence-electron chi connectivity index (χ4n) is 5.12. The van der Waals surface area contributed by atoms with Crippen LogP contribution >= 0.6 is 0 Å². The molecule has 4 aromatic rings. The van der Waals surface area contributed by atoms with E-state index in [1.807, 2.05) is 12.1 Å². The minimum absolute atomic E-state index is 0.0104. The van der Waals surface area contributed by atoms with Crippen LogP contribution in [0, 0.1) is 47.3 Å². The van der Waals surface area contributed by atoms with E-state index in [-0.39, 0.29) is 55.5 Å². The van der Waals surface area contributed by atoms with E-state index < -0.39 is 23.6 Å². The molecule has 4 aromatic carbocycles. The van der Waals surface area contributed by atoms with Gasteiger partial charge in [-0.3, -0.25) is 19.2 Å². The maximum Gasteiger partial charge on any atom is 0.265 e. The van der Waals surface area contributed by atoms with Gasteiger partial charge in [0.15, 0.2) is 0 Å². The lowest BCUT2D eigenvalue weighted by atomic mass is 9.85. The maximum absolute atomic E-state index is 13.7. The van der Waals surface area contributed by atoms with E-state index in [1.54, 1.807) is 6.07 Å². The first-order valence-electron chi connectivity index (χ1n) is 11.7. The van der Waals surface area contributed by atoms with Crippen LogP contribution in [0.3, 0.4) is 0 Å². The zero-order valence-corrected chi connectivity index (χ0v) is 20.4. The maximum atomic E-state index is 13.7. The van der Waals surface area contributed by atoms with Crippen molar-refractivity contribution in [2.75, 3.05) is 9.80 Å². The lowest BCUT2D eigenvalue weighted by Gasteiger charge is -2.32. The molecule has 8 heteroatoms. The number of nitrogens with zero attached hydrogens (tertiary/aromatic N) is 4. The standard InChI is InChI=1S/C32H12N4O4/c1-3-17-5-7-21(13-18(17)4-2)35-29(37)23-9-11-25-28-26(12-10-24(27(23)28)30(35)38)32(40)36(31(25)39)22-8-6-19(15-33)20(14-22)16-34/h1-2,5-14H. The normalized spacial score (nSPS) is 13.5. The average Bonchev–Trinajstić information content (AvgIpc) is 2.98. The van der Waals surface area contributed by atoms with Crippen LogP contribution in [0.5, 0.6) is 0 Å². The predicted octanol–water partition coefficient (Wildman–Crippen LogP) is 4.15. The number of nitriles is 2. The number of carbonyl (C=O) groups excluding carboxylic acids is 4. The average molecular weight is 516 g/mol. The summed E-state index contributed by atoms with van der Waals surface area (Å²) < 4.78 is 0. The Balaban J connectivity index is 1.52. The Bertz CT molecular complexity index is 1880. The molecule has 2 aliphatic rings. The molecule has 0 atom stereocenters. The van der Waals surface area contributed by atoms with Crippen LogP contribution in [0.1, 0.15) is 63.7 Å². The smallest absolute Gasteiger partial charge is 0.265 e. The monoisotopic (exact) mass is 516 g/mol. The molecule has 0 saturated carbocycles. The van der Waals surface area contributed by atoms with Crippen molar-refractivity contribution in [1.82, 2.24) is 0 Å². The van der Waals surface area contributed by atoms with Crippen LogP contribution in [0.4, 0.5) is 11.4 Å². The van der Waals surface area contributed by atoms with Gasteiger partial charge in [-0.1, -0.05) is 11.8 Å². The summed E-state index contributed by atoms with van der Waals surface area (Å²) in [5.74, 6) is 2.24. The van der Waals surface area contributed by atoms with Gasteiger partial charge in [0.05, 0.1) is 22.5 Å². The van der Waals surface area contributed by atoms with Crippen LogP contribution in [0.15, 0.2) is 60.7 Å². The number of anilines is 2. The Morgan fingerprint density at radius 2 is 0.875 bits per heavy atom. The van der Waals surface area contributed by atoms with E-state index >= 15 is 0 Å². The summed E-state index contributed by atoms with van der Waals surface area (Å²) in [6.45, 7) is 0. The summed E-state index contributed by atoms with van der Waals surface area (Å²) in [4.78, 5) is 56.4. The first-order chi connectivity index (χ1) is 19.3. The highest BCUT2D eigenvalue weighted by Crippen LogP contribution is 2.40. The first-order valence-corrected chi connectivity index (χ1v) is 11.7. The number of amides is 4. The molecule has 0 saturated heterocycles. The molecule has 2 heterocycles. The Labute approximate surface area is 227 Å². The van der Waals surface area contributed by atoms with Gasteiger partial charge in [-0.2, -0.15) is 10.5 Å². The molecular formula is C32H12N4O4. The zero-order chi connectivity index (χ0) is 28.3. The second kappa shape index (κ2) is 8.54. The molecule has 4 amide bonds. The Morgan fingerprint density at radius 1 is 0.500 bits per heavy atom. The van der Waals surface area contributed by atoms with Gasteiger partial charge in [-0.25, -0.2) is 9.80 Å². The van der Waals surface area contributed by atoms with E-state index in [0.717, 1.165) is 9.80 Å². The van der Waals surface area contributed by atoms with Crippen LogP contribution in [-0.4, -0.2) is 23.6 Å². The summed E-state index contributed by atoms with van der Waals surface area (Å²) >= 11 is 0. The topological polar surface area (TPSA) is 122 Å². The third-order valence-electron chi connectivity index (χ3n) is 6.97. The molecule has 40 heavy (non-hydrogen) atoms. The third kappa shape index (κ3) is 3.09. The highest BCUT2D eigenvalue weighted by Gasteiger charge is 2.40. The predicted molar refractivity (Wildman–Crippen MR) is 144 cm³/mol. The number of terminal acetylenes is 2. The van der Waals surface area contributed by atoms with Gasteiger partial charge in [0.25, 0.3) is 23.6 Å². The van der Waals surface area contributed by atoms with Crippen molar-refractivity contribution in [2.45, 2.75) is 0 Å². The van der Waals surface area contributed by atoms with Gasteiger partial charge in [0.2, 0.25) is 0 Å². The number of rotatable bonds is 2. The molecule has 0 unspecified atom stereocenters. The van der Waals surface area contributed by atoms with E-state index in [9.17, 15) is 29.7 Å². The number of benzene rings is 4. The van der Waals surface area contributed by atoms with Crippen molar-refractivity contribution in [3.63, 3.8) is 0 Å². The van der Waals surface area contributed by atoms with Crippen LogP contribution in [0.25, 0.3) is 10.8 Å². The lowest BCUT2D eigenvalue weighted by Crippen LogP contribution is -2.43. The molecule has 0 spiro atoms. The van der Waals surface area contributed by atoms with Gasteiger partial charge in [0.1, 0.15) is 12.1 Å². The molecule has 0 bridgehead atoms. The SMILES string of the molecule is C#Cc1ccc(N2C(=O)c3ccc4c5c(ccc(c35)C2=O)C(=O)N(c2ccc(C#N)c(C#N)c2)C4=O)cc1C#C. The van der Waals surface area contributed by atoms with Gasteiger partial charge in [-0.05, 0) is 60.7 Å². The molecule has 0 aliphatic carbocycles. The molecule has 8 nitrogen and oxygen atoms in total. The quantitative estimate of drug-likeness (QED) is 0.291. The van der Waals surface area contributed by atoms with E-state index in [1.165, 1.54) is 54.6 Å². The fraction of sp³-hybridized carbons (Fsp3) is 0. The fourth-order valence-corrected chi connectivity index (χ4v) is 5.12. The summed E-state index contributed by atoms with van der Waals surface area (Å²) in [5, 5.41) is 19.0. The largest absolute Gasteiger partial charge is 0.268 e.